The molecule has 0 aliphatic carbocycles. The molecule has 1 amide bonds. The van der Waals surface area contributed by atoms with E-state index >= 15 is 0 Å². The first-order valence-corrected chi connectivity index (χ1v) is 8.40. The zero-order chi connectivity index (χ0) is 20.4. The van der Waals surface area contributed by atoms with Crippen molar-refractivity contribution in [3.8, 4) is 0 Å². The average molecular weight is 395 g/mol. The van der Waals surface area contributed by atoms with Crippen LogP contribution in [0.15, 0.2) is 0 Å². The lowest BCUT2D eigenvalue weighted by Gasteiger charge is -2.44. The van der Waals surface area contributed by atoms with Gasteiger partial charge in [-0.2, -0.15) is 0 Å². The summed E-state index contributed by atoms with van der Waals surface area (Å²) < 4.78 is 16.0. The van der Waals surface area contributed by atoms with Crippen LogP contribution in [0.4, 0.5) is 0 Å². The second-order valence-corrected chi connectivity index (χ2v) is 6.60. The van der Waals surface area contributed by atoms with Gasteiger partial charge in [0.15, 0.2) is 0 Å². The number of aliphatic carboxylic acids is 1. The predicted octanol–water partition coefficient (Wildman–Crippen LogP) is -3.74. The van der Waals surface area contributed by atoms with Crippen molar-refractivity contribution in [3.05, 3.63) is 0 Å². The molecule has 12 heteroatoms. The maximum atomic E-state index is 11.8. The van der Waals surface area contributed by atoms with Gasteiger partial charge in [0.2, 0.25) is 11.7 Å². The van der Waals surface area contributed by atoms with Crippen molar-refractivity contribution in [2.45, 2.75) is 61.8 Å². The minimum Gasteiger partial charge on any atom is -0.477 e. The van der Waals surface area contributed by atoms with E-state index in [0.29, 0.717) is 0 Å². The van der Waals surface area contributed by atoms with Gasteiger partial charge < -0.3 is 50.2 Å². The van der Waals surface area contributed by atoms with Gasteiger partial charge in [0.05, 0.1) is 25.4 Å². The van der Waals surface area contributed by atoms with Gasteiger partial charge in [0, 0.05) is 20.0 Å². The van der Waals surface area contributed by atoms with Crippen LogP contribution >= 0.6 is 0 Å². The van der Waals surface area contributed by atoms with Crippen LogP contribution in [-0.2, 0) is 23.8 Å². The minimum absolute atomic E-state index is 0.0692. The molecule has 0 bridgehead atoms. The number of amides is 1. The fourth-order valence-electron chi connectivity index (χ4n) is 3.12. The first-order valence-electron chi connectivity index (χ1n) is 8.40. The molecule has 0 aromatic heterocycles. The molecule has 156 valence electrons. The molecule has 2 saturated heterocycles. The summed E-state index contributed by atoms with van der Waals surface area (Å²) in [6, 6.07) is -1.22. The normalized spacial score (nSPS) is 37.6. The summed E-state index contributed by atoms with van der Waals surface area (Å²) in [7, 11) is 0. The third-order valence-corrected chi connectivity index (χ3v) is 4.46. The van der Waals surface area contributed by atoms with E-state index in [-0.39, 0.29) is 13.0 Å². The molecule has 2 aliphatic rings. The van der Waals surface area contributed by atoms with Gasteiger partial charge in [-0.25, -0.2) is 4.79 Å². The van der Waals surface area contributed by atoms with Crippen molar-refractivity contribution in [1.82, 2.24) is 5.32 Å². The molecular weight excluding hydrogens is 370 g/mol. The summed E-state index contributed by atoms with van der Waals surface area (Å²) in [5, 5.41) is 59.9. The summed E-state index contributed by atoms with van der Waals surface area (Å²) in [5.74, 6) is -6.55. The highest BCUT2D eigenvalue weighted by Gasteiger charge is 2.74. The molecule has 7 atom stereocenters. The fourth-order valence-corrected chi connectivity index (χ4v) is 3.12. The number of aliphatic hydroxyl groups excluding tert-OH is 5. The Hall–Kier alpha value is -1.38. The van der Waals surface area contributed by atoms with Crippen molar-refractivity contribution >= 4 is 11.9 Å². The zero-order valence-electron chi connectivity index (χ0n) is 14.6. The van der Waals surface area contributed by atoms with Crippen LogP contribution in [0.1, 0.15) is 19.8 Å². The van der Waals surface area contributed by atoms with Crippen molar-refractivity contribution in [3.63, 3.8) is 0 Å². The number of hydrogen-bond acceptors (Lipinski definition) is 10. The van der Waals surface area contributed by atoms with Gasteiger partial charge >= 0.3 is 5.97 Å². The molecule has 12 nitrogen and oxygen atoms in total. The van der Waals surface area contributed by atoms with Crippen molar-refractivity contribution in [1.29, 1.82) is 0 Å². The highest BCUT2D eigenvalue weighted by Crippen LogP contribution is 2.51. The molecule has 2 fully saturated rings. The van der Waals surface area contributed by atoms with Crippen LogP contribution < -0.4 is 5.32 Å². The Morgan fingerprint density at radius 1 is 1.33 bits per heavy atom. The van der Waals surface area contributed by atoms with E-state index in [9.17, 15) is 30.0 Å². The highest BCUT2D eigenvalue weighted by atomic mass is 16.9. The van der Waals surface area contributed by atoms with Gasteiger partial charge in [-0.3, -0.25) is 4.79 Å². The van der Waals surface area contributed by atoms with E-state index in [1.165, 1.54) is 6.92 Å². The van der Waals surface area contributed by atoms with Crippen LogP contribution in [-0.4, -0.2) is 104 Å². The van der Waals surface area contributed by atoms with Gasteiger partial charge in [-0.15, -0.1) is 0 Å². The molecule has 2 aliphatic heterocycles. The number of carboxylic acids is 1. The van der Waals surface area contributed by atoms with Crippen molar-refractivity contribution < 1.29 is 54.4 Å². The number of rotatable bonds is 9. The lowest BCUT2D eigenvalue weighted by atomic mass is 9.89. The number of nitrogens with one attached hydrogen (secondary N) is 1. The fraction of sp³-hybridized carbons (Fsp3) is 0.867. The Kier molecular flexibility index (Phi) is 6.76. The number of carbonyl (C=O) groups excluding carboxylic acids is 1. The number of ether oxygens (including phenoxy) is 3. The van der Waals surface area contributed by atoms with Crippen LogP contribution in [0, 0.1) is 0 Å². The largest absolute Gasteiger partial charge is 0.477 e. The Labute approximate surface area is 154 Å². The third kappa shape index (κ3) is 4.38. The number of epoxide rings is 1. The van der Waals surface area contributed by atoms with Crippen molar-refractivity contribution in [2.75, 3.05) is 19.8 Å². The number of carbonyl (C=O) groups is 2. The van der Waals surface area contributed by atoms with Gasteiger partial charge in [0.1, 0.15) is 18.2 Å². The lowest BCUT2D eigenvalue weighted by Crippen LogP contribution is -2.67. The van der Waals surface area contributed by atoms with Gasteiger partial charge in [-0.05, 0) is 6.42 Å². The molecule has 27 heavy (non-hydrogen) atoms. The molecular formula is C15H25NO11. The van der Waals surface area contributed by atoms with E-state index in [1.54, 1.807) is 0 Å². The molecule has 7 N–H and O–H groups in total. The summed E-state index contributed by atoms with van der Waals surface area (Å²) in [5.41, 5.74) is 0. The topological polar surface area (TPSA) is 199 Å². The molecule has 0 radical (unpaired) electrons. The van der Waals surface area contributed by atoms with Crippen molar-refractivity contribution in [2.24, 2.45) is 0 Å². The Morgan fingerprint density at radius 2 is 2.00 bits per heavy atom. The van der Waals surface area contributed by atoms with E-state index in [1.807, 2.05) is 0 Å². The summed E-state index contributed by atoms with van der Waals surface area (Å²) in [6.45, 7) is -0.430. The van der Waals surface area contributed by atoms with E-state index in [2.05, 4.69) is 5.32 Å². The maximum Gasteiger partial charge on any atom is 0.364 e. The predicted molar refractivity (Wildman–Crippen MR) is 84.0 cm³/mol. The summed E-state index contributed by atoms with van der Waals surface area (Å²) in [4.78, 5) is 23.3. The molecule has 2 heterocycles. The molecule has 2 unspecified atom stereocenters. The molecule has 1 spiro atoms. The lowest BCUT2D eigenvalue weighted by molar-refractivity contribution is -0.325. The Balaban J connectivity index is 2.28. The highest BCUT2D eigenvalue weighted by molar-refractivity contribution is 5.77. The average Bonchev–Trinajstić information content (AvgIpc) is 3.30. The molecule has 0 saturated carbocycles. The van der Waals surface area contributed by atoms with Gasteiger partial charge in [-0.1, -0.05) is 0 Å². The smallest absolute Gasteiger partial charge is 0.364 e. The standard InChI is InChI=1S/C15H25NO11/c1-7(19)16-11-9(21)4-14(13(23)24,25-6-8(20)2-3-17)27-15(11)12(26-15)10(22)5-18/h8-12,17-18,20-22H,2-6H2,1H3,(H,16,19)(H,23,24)/t8-,9?,10+,11+,12+,14+,15?/m0/s1. The zero-order valence-corrected chi connectivity index (χ0v) is 14.6. The monoisotopic (exact) mass is 395 g/mol. The molecule has 0 aromatic carbocycles. The van der Waals surface area contributed by atoms with E-state index < -0.39 is 73.5 Å². The third-order valence-electron chi connectivity index (χ3n) is 4.46. The Bertz CT molecular complexity index is 560. The van der Waals surface area contributed by atoms with E-state index in [0.717, 1.165) is 0 Å². The molecule has 2 rings (SSSR count). The van der Waals surface area contributed by atoms with Crippen LogP contribution in [0.2, 0.25) is 0 Å². The van der Waals surface area contributed by atoms with Crippen LogP contribution in [0.25, 0.3) is 0 Å². The first kappa shape index (κ1) is 21.9. The van der Waals surface area contributed by atoms with E-state index in [4.69, 9.17) is 24.4 Å². The second kappa shape index (κ2) is 8.32. The van der Waals surface area contributed by atoms with Crippen LogP contribution in [0.5, 0.6) is 0 Å². The minimum atomic E-state index is -2.44. The van der Waals surface area contributed by atoms with Gasteiger partial charge in [0.25, 0.3) is 5.79 Å². The SMILES string of the molecule is CC(=O)N[C@@H]1C(O)C[C@](OC[C@@H](O)CCO)(C(=O)O)OC12O[C@@H]2[C@H](O)CO. The number of carboxylic acid groups (broad SMARTS) is 1. The number of hydrogen-bond donors (Lipinski definition) is 7. The summed E-state index contributed by atoms with van der Waals surface area (Å²) in [6.07, 6.45) is -6.04. The second-order valence-electron chi connectivity index (χ2n) is 6.60. The summed E-state index contributed by atoms with van der Waals surface area (Å²) >= 11 is 0. The first-order chi connectivity index (χ1) is 12.6. The maximum absolute atomic E-state index is 11.8. The Morgan fingerprint density at radius 3 is 2.52 bits per heavy atom. The number of aliphatic hydroxyl groups is 5. The van der Waals surface area contributed by atoms with Crippen LogP contribution in [0.3, 0.4) is 0 Å². The molecule has 0 aromatic rings. The quantitative estimate of drug-likeness (QED) is 0.189.